The van der Waals surface area contributed by atoms with Gasteiger partial charge in [-0.25, -0.2) is 4.79 Å². The van der Waals surface area contributed by atoms with Gasteiger partial charge in [0.15, 0.2) is 5.96 Å². The number of aliphatic imine (C=N–C) groups is 1. The Balaban J connectivity index is 1.80. The van der Waals surface area contributed by atoms with E-state index in [0.29, 0.717) is 0 Å². The number of nitrogens with zero attached hydrogens (tertiary/aromatic N) is 1. The fourth-order valence-electron chi connectivity index (χ4n) is 2.02. The maximum absolute atomic E-state index is 12.0. The van der Waals surface area contributed by atoms with Gasteiger partial charge < -0.3 is 37.2 Å². The summed E-state index contributed by atoms with van der Waals surface area (Å²) in [6.07, 6.45) is 0. The van der Waals surface area contributed by atoms with Crippen molar-refractivity contribution in [1.82, 2.24) is 20.6 Å². The van der Waals surface area contributed by atoms with Gasteiger partial charge in [-0.1, -0.05) is 0 Å². The Morgan fingerprint density at radius 1 is 0.852 bits per heavy atom. The molecule has 3 amide bonds. The molecule has 27 heavy (non-hydrogen) atoms. The van der Waals surface area contributed by atoms with E-state index < -0.39 is 29.7 Å². The van der Waals surface area contributed by atoms with Crippen LogP contribution in [0.25, 0.3) is 0 Å². The van der Waals surface area contributed by atoms with Crippen LogP contribution in [0.15, 0.2) is 29.3 Å². The van der Waals surface area contributed by atoms with Crippen LogP contribution in [0.4, 0.5) is 0 Å². The second-order valence-corrected chi connectivity index (χ2v) is 5.23. The van der Waals surface area contributed by atoms with Crippen LogP contribution in [-0.4, -0.2) is 57.8 Å². The van der Waals surface area contributed by atoms with Gasteiger partial charge in [0.2, 0.25) is 0 Å². The summed E-state index contributed by atoms with van der Waals surface area (Å²) in [5, 5.41) is 13.8. The summed E-state index contributed by atoms with van der Waals surface area (Å²) in [6, 6.07) is 5.35. The van der Waals surface area contributed by atoms with Gasteiger partial charge in [-0.3, -0.25) is 14.4 Å². The zero-order valence-electron chi connectivity index (χ0n) is 13.9. The number of hydrogen-bond donors (Lipinski definition) is 7. The van der Waals surface area contributed by atoms with Crippen LogP contribution in [0.3, 0.4) is 0 Å². The van der Waals surface area contributed by atoms with Crippen LogP contribution in [0.5, 0.6) is 0 Å². The van der Waals surface area contributed by atoms with Crippen molar-refractivity contribution in [3.8, 4) is 0 Å². The number of hydrogen-bond acceptors (Lipinski definition) is 4. The lowest BCUT2D eigenvalue weighted by molar-refractivity contribution is 0.0690. The molecule has 0 saturated heterocycles. The number of nitrogens with one attached hydrogen (secondary N) is 4. The van der Waals surface area contributed by atoms with E-state index in [1.807, 2.05) is 0 Å². The first-order valence-corrected chi connectivity index (χ1v) is 7.59. The number of carbonyl (C=O) groups excluding carboxylic acids is 3. The predicted molar refractivity (Wildman–Crippen MR) is 93.4 cm³/mol. The van der Waals surface area contributed by atoms with E-state index in [9.17, 15) is 19.2 Å². The first-order chi connectivity index (χ1) is 12.8. The Bertz CT molecular complexity index is 907. The van der Waals surface area contributed by atoms with Gasteiger partial charge in [-0.2, -0.15) is 4.99 Å². The standard InChI is InChI=1S/C15H17N7O5/c16-15(17)22-13(25)9-2-1-7(20-9)11(23)18-5-6-19-12(24)8-3-4-10(21-8)14(26)27/h1-4,20-21H,5-6H2,(H,18,23)(H,19,24)(H,26,27)(H4,16,17,22,25). The molecule has 9 N–H and O–H groups in total. The van der Waals surface area contributed by atoms with E-state index >= 15 is 0 Å². The molecule has 2 heterocycles. The summed E-state index contributed by atoms with van der Waals surface area (Å²) in [4.78, 5) is 54.5. The number of amides is 3. The van der Waals surface area contributed by atoms with Crippen LogP contribution in [0.1, 0.15) is 42.0 Å². The van der Waals surface area contributed by atoms with Crippen LogP contribution < -0.4 is 22.1 Å². The lowest BCUT2D eigenvalue weighted by Gasteiger charge is -2.05. The highest BCUT2D eigenvalue weighted by Crippen LogP contribution is 2.04. The maximum atomic E-state index is 12.0. The number of aromatic amines is 2. The molecule has 0 bridgehead atoms. The molecule has 0 atom stereocenters. The molecule has 0 saturated carbocycles. The Morgan fingerprint density at radius 2 is 1.30 bits per heavy atom. The van der Waals surface area contributed by atoms with Crippen molar-refractivity contribution < 1.29 is 24.3 Å². The van der Waals surface area contributed by atoms with Gasteiger partial charge in [0, 0.05) is 13.1 Å². The molecule has 142 valence electrons. The minimum atomic E-state index is -1.18. The fraction of sp³-hybridized carbons (Fsp3) is 0.133. The average Bonchev–Trinajstić information content (AvgIpc) is 3.27. The molecule has 0 aliphatic heterocycles. The Morgan fingerprint density at radius 3 is 1.74 bits per heavy atom. The highest BCUT2D eigenvalue weighted by Gasteiger charge is 2.13. The summed E-state index contributed by atoms with van der Waals surface area (Å²) in [5.41, 5.74) is 10.4. The molecular formula is C15H17N7O5. The van der Waals surface area contributed by atoms with Crippen molar-refractivity contribution in [2.45, 2.75) is 0 Å². The minimum absolute atomic E-state index is 0.0443. The van der Waals surface area contributed by atoms with Gasteiger partial charge in [-0.05, 0) is 24.3 Å². The largest absolute Gasteiger partial charge is 0.477 e. The molecule has 2 aromatic rings. The Hall–Kier alpha value is -4.09. The third kappa shape index (κ3) is 5.19. The van der Waals surface area contributed by atoms with E-state index in [-0.39, 0.29) is 35.9 Å². The maximum Gasteiger partial charge on any atom is 0.352 e. The van der Waals surface area contributed by atoms with Crippen molar-refractivity contribution in [2.24, 2.45) is 16.5 Å². The molecule has 2 aromatic heterocycles. The first-order valence-electron chi connectivity index (χ1n) is 7.59. The Kier molecular flexibility index (Phi) is 5.94. The quantitative estimate of drug-likeness (QED) is 0.175. The van der Waals surface area contributed by atoms with Gasteiger partial charge >= 0.3 is 5.97 Å². The number of carboxylic acid groups (broad SMARTS) is 1. The van der Waals surface area contributed by atoms with Crippen molar-refractivity contribution >= 4 is 29.7 Å². The fourth-order valence-corrected chi connectivity index (χ4v) is 2.02. The number of aromatic carboxylic acids is 1. The molecule has 12 heteroatoms. The number of guanidine groups is 1. The van der Waals surface area contributed by atoms with Crippen LogP contribution in [0.2, 0.25) is 0 Å². The van der Waals surface area contributed by atoms with Crippen LogP contribution in [-0.2, 0) is 0 Å². The van der Waals surface area contributed by atoms with Crippen molar-refractivity contribution in [3.05, 3.63) is 47.0 Å². The molecule has 0 radical (unpaired) electrons. The summed E-state index contributed by atoms with van der Waals surface area (Å²) in [7, 11) is 0. The third-order valence-electron chi connectivity index (χ3n) is 3.25. The topological polar surface area (TPSA) is 209 Å². The van der Waals surface area contributed by atoms with Crippen molar-refractivity contribution in [3.63, 3.8) is 0 Å². The SMILES string of the molecule is NC(N)=NC(=O)c1ccc(C(=O)NCCNC(=O)c2ccc(C(=O)O)[nH]2)[nH]1. The molecule has 2 rings (SSSR count). The minimum Gasteiger partial charge on any atom is -0.477 e. The van der Waals surface area contributed by atoms with E-state index in [4.69, 9.17) is 16.6 Å². The first kappa shape index (κ1) is 19.2. The second kappa shape index (κ2) is 8.33. The van der Waals surface area contributed by atoms with Crippen LogP contribution in [0, 0.1) is 0 Å². The van der Waals surface area contributed by atoms with Gasteiger partial charge in [0.05, 0.1) is 0 Å². The highest BCUT2D eigenvalue weighted by molar-refractivity contribution is 6.02. The molecule has 0 fully saturated rings. The summed E-state index contributed by atoms with van der Waals surface area (Å²) < 4.78 is 0. The third-order valence-corrected chi connectivity index (χ3v) is 3.25. The predicted octanol–water partition coefficient (Wildman–Crippen LogP) is -1.39. The molecule has 12 nitrogen and oxygen atoms in total. The molecule has 0 aliphatic carbocycles. The van der Waals surface area contributed by atoms with E-state index in [1.165, 1.54) is 24.3 Å². The average molecular weight is 375 g/mol. The van der Waals surface area contributed by atoms with E-state index in [1.54, 1.807) is 0 Å². The van der Waals surface area contributed by atoms with Crippen LogP contribution >= 0.6 is 0 Å². The van der Waals surface area contributed by atoms with Crippen molar-refractivity contribution in [1.29, 1.82) is 0 Å². The zero-order chi connectivity index (χ0) is 20.0. The monoisotopic (exact) mass is 375 g/mol. The molecule has 0 aliphatic rings. The normalized spacial score (nSPS) is 10.1. The molecular weight excluding hydrogens is 358 g/mol. The lowest BCUT2D eigenvalue weighted by Crippen LogP contribution is -2.35. The molecule has 0 spiro atoms. The van der Waals surface area contributed by atoms with Crippen molar-refractivity contribution in [2.75, 3.05) is 13.1 Å². The molecule has 0 unspecified atom stereocenters. The summed E-state index contributed by atoms with van der Waals surface area (Å²) in [5.74, 6) is -3.30. The second-order valence-electron chi connectivity index (χ2n) is 5.23. The number of carbonyl (C=O) groups is 4. The van der Waals surface area contributed by atoms with E-state index in [0.717, 1.165) is 0 Å². The number of carboxylic acids is 1. The number of nitrogens with two attached hydrogens (primary N) is 2. The summed E-state index contributed by atoms with van der Waals surface area (Å²) in [6.45, 7) is 0.208. The zero-order valence-corrected chi connectivity index (χ0v) is 13.9. The number of aromatic nitrogens is 2. The Labute approximate surface area is 152 Å². The van der Waals surface area contributed by atoms with Gasteiger partial charge in [0.25, 0.3) is 17.7 Å². The van der Waals surface area contributed by atoms with Gasteiger partial charge in [-0.15, -0.1) is 0 Å². The molecule has 0 aromatic carbocycles. The summed E-state index contributed by atoms with van der Waals surface area (Å²) >= 11 is 0. The number of H-pyrrole nitrogens is 2. The van der Waals surface area contributed by atoms with Gasteiger partial charge in [0.1, 0.15) is 22.8 Å². The smallest absolute Gasteiger partial charge is 0.352 e. The number of rotatable bonds is 7. The van der Waals surface area contributed by atoms with E-state index in [2.05, 4.69) is 25.6 Å². The highest BCUT2D eigenvalue weighted by atomic mass is 16.4. The lowest BCUT2D eigenvalue weighted by atomic mass is 10.4.